The molecule has 0 radical (unpaired) electrons. The second-order valence-electron chi connectivity index (χ2n) is 4.29. The zero-order valence-electron chi connectivity index (χ0n) is 10.3. The third kappa shape index (κ3) is 1.18. The van der Waals surface area contributed by atoms with Gasteiger partial charge in [0.05, 0.1) is 22.2 Å². The van der Waals surface area contributed by atoms with Gasteiger partial charge in [-0.3, -0.25) is 9.48 Å². The number of hydrogen-bond acceptors (Lipinski definition) is 5. The number of pyridine rings is 1. The van der Waals surface area contributed by atoms with E-state index < -0.39 is 0 Å². The summed E-state index contributed by atoms with van der Waals surface area (Å²) in [4.78, 5) is 16.3. The molecule has 0 aromatic carbocycles. The molecule has 0 spiro atoms. The van der Waals surface area contributed by atoms with Gasteiger partial charge in [0, 0.05) is 12.4 Å². The molecule has 3 N–H and O–H groups in total. The molecule has 7 nitrogen and oxygen atoms in total. The Kier molecular flexibility index (Phi) is 1.95. The monoisotopic (exact) mass is 244 g/mol. The van der Waals surface area contributed by atoms with Crippen molar-refractivity contribution in [3.05, 3.63) is 21.7 Å². The van der Waals surface area contributed by atoms with E-state index >= 15 is 0 Å². The fourth-order valence-corrected chi connectivity index (χ4v) is 2.34. The van der Waals surface area contributed by atoms with Crippen molar-refractivity contribution in [1.82, 2.24) is 25.0 Å². The molecule has 0 fully saturated rings. The van der Waals surface area contributed by atoms with E-state index in [0.29, 0.717) is 22.1 Å². The number of H-pyrrole nitrogens is 1. The Morgan fingerprint density at radius 2 is 1.89 bits per heavy atom. The van der Waals surface area contributed by atoms with Crippen molar-refractivity contribution in [3.8, 4) is 0 Å². The van der Waals surface area contributed by atoms with Gasteiger partial charge in [0.25, 0.3) is 5.56 Å². The standard InChI is InChI=1S/C11H12N6O/c1-4-7-8(9(12)14-15-11(7)18)6-5(2)16-17(3)10(6)13-4/h1-3H3,(H2,12,14)(H,15,18). The van der Waals surface area contributed by atoms with Gasteiger partial charge >= 0.3 is 0 Å². The Labute approximate surface area is 102 Å². The van der Waals surface area contributed by atoms with E-state index in [-0.39, 0.29) is 11.4 Å². The summed E-state index contributed by atoms with van der Waals surface area (Å²) in [6.45, 7) is 3.64. The normalized spacial score (nSPS) is 11.5. The van der Waals surface area contributed by atoms with E-state index in [1.165, 1.54) is 0 Å². The molecule has 3 heterocycles. The maximum Gasteiger partial charge on any atom is 0.274 e. The van der Waals surface area contributed by atoms with Crippen molar-refractivity contribution in [2.45, 2.75) is 13.8 Å². The highest BCUT2D eigenvalue weighted by atomic mass is 16.1. The quantitative estimate of drug-likeness (QED) is 0.596. The second kappa shape index (κ2) is 3.28. The zero-order valence-corrected chi connectivity index (χ0v) is 10.3. The zero-order chi connectivity index (χ0) is 13.0. The Morgan fingerprint density at radius 3 is 2.61 bits per heavy atom. The molecule has 0 saturated heterocycles. The number of nitrogens with zero attached hydrogens (tertiary/aromatic N) is 4. The van der Waals surface area contributed by atoms with Gasteiger partial charge in [-0.1, -0.05) is 0 Å². The summed E-state index contributed by atoms with van der Waals surface area (Å²) in [6, 6.07) is 0. The summed E-state index contributed by atoms with van der Waals surface area (Å²) in [6.07, 6.45) is 0. The van der Waals surface area contributed by atoms with Gasteiger partial charge in [-0.2, -0.15) is 10.2 Å². The van der Waals surface area contributed by atoms with Crippen molar-refractivity contribution in [3.63, 3.8) is 0 Å². The van der Waals surface area contributed by atoms with Gasteiger partial charge in [0.2, 0.25) is 0 Å². The first-order valence-electron chi connectivity index (χ1n) is 5.48. The minimum atomic E-state index is -0.283. The number of anilines is 1. The first kappa shape index (κ1) is 10.7. The molecular formula is C11H12N6O. The maximum absolute atomic E-state index is 11.9. The summed E-state index contributed by atoms with van der Waals surface area (Å²) in [5.41, 5.74) is 7.72. The lowest BCUT2D eigenvalue weighted by Crippen LogP contribution is -2.13. The number of hydrogen-bond donors (Lipinski definition) is 2. The third-order valence-corrected chi connectivity index (χ3v) is 3.09. The van der Waals surface area contributed by atoms with Gasteiger partial charge in [-0.25, -0.2) is 10.1 Å². The van der Waals surface area contributed by atoms with Crippen LogP contribution in [0.5, 0.6) is 0 Å². The van der Waals surface area contributed by atoms with Crippen LogP contribution in [-0.4, -0.2) is 25.0 Å². The Balaban J connectivity index is 2.78. The molecule has 0 atom stereocenters. The summed E-state index contributed by atoms with van der Waals surface area (Å²) < 4.78 is 1.68. The van der Waals surface area contributed by atoms with E-state index in [9.17, 15) is 4.79 Å². The number of aromatic amines is 1. The molecule has 0 unspecified atom stereocenters. The molecular weight excluding hydrogens is 232 g/mol. The molecule has 7 heteroatoms. The van der Waals surface area contributed by atoms with Crippen molar-refractivity contribution < 1.29 is 0 Å². The number of nitrogens with one attached hydrogen (secondary N) is 1. The van der Waals surface area contributed by atoms with E-state index in [2.05, 4.69) is 20.3 Å². The highest BCUT2D eigenvalue weighted by molar-refractivity contribution is 6.11. The third-order valence-electron chi connectivity index (χ3n) is 3.09. The van der Waals surface area contributed by atoms with Crippen LogP contribution >= 0.6 is 0 Å². The van der Waals surface area contributed by atoms with Crippen LogP contribution in [-0.2, 0) is 7.05 Å². The fourth-order valence-electron chi connectivity index (χ4n) is 2.34. The first-order chi connectivity index (χ1) is 8.50. The highest BCUT2D eigenvalue weighted by Crippen LogP contribution is 2.28. The van der Waals surface area contributed by atoms with Crippen LogP contribution in [0.4, 0.5) is 5.82 Å². The molecule has 18 heavy (non-hydrogen) atoms. The van der Waals surface area contributed by atoms with Crippen LogP contribution in [0.2, 0.25) is 0 Å². The topological polar surface area (TPSA) is 102 Å². The number of aromatic nitrogens is 5. The van der Waals surface area contributed by atoms with Gasteiger partial charge in [0.1, 0.15) is 0 Å². The summed E-state index contributed by atoms with van der Waals surface area (Å²) in [7, 11) is 1.81. The van der Waals surface area contributed by atoms with Crippen LogP contribution in [0, 0.1) is 13.8 Å². The number of fused-ring (bicyclic) bond motifs is 3. The summed E-state index contributed by atoms with van der Waals surface area (Å²) in [5, 5.41) is 12.4. The van der Waals surface area contributed by atoms with E-state index in [0.717, 1.165) is 11.1 Å². The Bertz CT molecular complexity index is 844. The lowest BCUT2D eigenvalue weighted by molar-refractivity contribution is 0.773. The molecule has 0 saturated carbocycles. The number of nitrogens with two attached hydrogens (primary N) is 1. The number of rotatable bonds is 0. The summed E-state index contributed by atoms with van der Waals surface area (Å²) >= 11 is 0. The Hall–Kier alpha value is -2.44. The molecule has 0 aliphatic carbocycles. The van der Waals surface area contributed by atoms with Crippen molar-refractivity contribution >= 4 is 27.6 Å². The minimum absolute atomic E-state index is 0.283. The highest BCUT2D eigenvalue weighted by Gasteiger charge is 2.17. The van der Waals surface area contributed by atoms with E-state index in [4.69, 9.17) is 5.73 Å². The van der Waals surface area contributed by atoms with Gasteiger partial charge in [0.15, 0.2) is 11.5 Å². The number of nitrogen functional groups attached to an aromatic ring is 1. The minimum Gasteiger partial charge on any atom is -0.382 e. The molecule has 92 valence electrons. The van der Waals surface area contributed by atoms with Gasteiger partial charge in [-0.15, -0.1) is 0 Å². The van der Waals surface area contributed by atoms with Crippen LogP contribution in [0.3, 0.4) is 0 Å². The maximum atomic E-state index is 11.9. The molecule has 3 aromatic rings. The SMILES string of the molecule is Cc1nc2c(c(C)nn2C)c2c(N)n[nH]c(=O)c12. The average molecular weight is 244 g/mol. The van der Waals surface area contributed by atoms with Crippen molar-refractivity contribution in [1.29, 1.82) is 0 Å². The second-order valence-corrected chi connectivity index (χ2v) is 4.29. The molecule has 0 aliphatic rings. The smallest absolute Gasteiger partial charge is 0.274 e. The summed E-state index contributed by atoms with van der Waals surface area (Å²) in [5.74, 6) is 0.288. The lowest BCUT2D eigenvalue weighted by atomic mass is 10.1. The molecule has 3 rings (SSSR count). The van der Waals surface area contributed by atoms with Gasteiger partial charge in [-0.05, 0) is 13.8 Å². The molecule has 0 amide bonds. The molecule has 3 aromatic heterocycles. The predicted molar refractivity (Wildman–Crippen MR) is 68.3 cm³/mol. The van der Waals surface area contributed by atoms with Crippen molar-refractivity contribution in [2.24, 2.45) is 7.05 Å². The number of aryl methyl sites for hydroxylation is 3. The van der Waals surface area contributed by atoms with Crippen LogP contribution < -0.4 is 11.3 Å². The average Bonchev–Trinajstić information content (AvgIpc) is 2.59. The largest absolute Gasteiger partial charge is 0.382 e. The van der Waals surface area contributed by atoms with Crippen molar-refractivity contribution in [2.75, 3.05) is 5.73 Å². The van der Waals surface area contributed by atoms with E-state index in [1.807, 2.05) is 14.0 Å². The Morgan fingerprint density at radius 1 is 1.17 bits per heavy atom. The van der Waals surface area contributed by atoms with Crippen LogP contribution in [0.1, 0.15) is 11.4 Å². The first-order valence-corrected chi connectivity index (χ1v) is 5.48. The van der Waals surface area contributed by atoms with Crippen LogP contribution in [0.15, 0.2) is 4.79 Å². The molecule has 0 aliphatic heterocycles. The lowest BCUT2D eigenvalue weighted by Gasteiger charge is -2.05. The molecule has 0 bridgehead atoms. The van der Waals surface area contributed by atoms with Gasteiger partial charge < -0.3 is 5.73 Å². The van der Waals surface area contributed by atoms with E-state index in [1.54, 1.807) is 11.6 Å². The predicted octanol–water partition coefficient (Wildman–Crippen LogP) is 0.404. The van der Waals surface area contributed by atoms with Crippen LogP contribution in [0.25, 0.3) is 21.8 Å². The fraction of sp³-hybridized carbons (Fsp3) is 0.273.